The van der Waals surface area contributed by atoms with Crippen LogP contribution in [0.5, 0.6) is 0 Å². The van der Waals surface area contributed by atoms with Crippen molar-refractivity contribution in [3.8, 4) is 0 Å². The monoisotopic (exact) mass is 331 g/mol. The van der Waals surface area contributed by atoms with Crippen molar-refractivity contribution >= 4 is 23.2 Å². The second-order valence-corrected chi connectivity index (χ2v) is 7.28. The Morgan fingerprint density at radius 2 is 2.33 bits per heavy atom. The SMILES string of the molecule is CC(C)(C)OC(=O)N1CCC[C@H](CNc2nc3ncccc3[nH]2)C1. The molecular weight excluding hydrogens is 306 g/mol. The Bertz CT molecular complexity index is 673. The molecule has 24 heavy (non-hydrogen) atoms. The second kappa shape index (κ2) is 6.67. The highest BCUT2D eigenvalue weighted by Crippen LogP contribution is 2.20. The number of fused-ring (bicyclic) bond motifs is 1. The quantitative estimate of drug-likeness (QED) is 0.903. The lowest BCUT2D eigenvalue weighted by atomic mass is 9.98. The molecule has 0 saturated carbocycles. The van der Waals surface area contributed by atoms with E-state index in [4.69, 9.17) is 4.74 Å². The van der Waals surface area contributed by atoms with E-state index in [1.807, 2.05) is 32.9 Å². The van der Waals surface area contributed by atoms with E-state index in [9.17, 15) is 4.79 Å². The number of H-pyrrole nitrogens is 1. The van der Waals surface area contributed by atoms with Crippen molar-refractivity contribution in [3.05, 3.63) is 18.3 Å². The van der Waals surface area contributed by atoms with Gasteiger partial charge in [-0.2, -0.15) is 4.98 Å². The summed E-state index contributed by atoms with van der Waals surface area (Å²) in [5, 5.41) is 3.33. The minimum absolute atomic E-state index is 0.222. The van der Waals surface area contributed by atoms with Gasteiger partial charge in [-0.15, -0.1) is 0 Å². The van der Waals surface area contributed by atoms with Crippen LogP contribution in [0.4, 0.5) is 10.7 Å². The number of aromatic nitrogens is 3. The molecule has 1 aliphatic heterocycles. The zero-order valence-corrected chi connectivity index (χ0v) is 14.5. The first kappa shape index (κ1) is 16.5. The molecule has 1 amide bonds. The van der Waals surface area contributed by atoms with E-state index in [0.29, 0.717) is 18.1 Å². The fourth-order valence-electron chi connectivity index (χ4n) is 2.89. The van der Waals surface area contributed by atoms with E-state index in [-0.39, 0.29) is 6.09 Å². The van der Waals surface area contributed by atoms with E-state index < -0.39 is 5.60 Å². The third kappa shape index (κ3) is 4.15. The highest BCUT2D eigenvalue weighted by atomic mass is 16.6. The van der Waals surface area contributed by atoms with Crippen molar-refractivity contribution in [2.24, 2.45) is 5.92 Å². The molecule has 0 bridgehead atoms. The Labute approximate surface area is 141 Å². The molecule has 130 valence electrons. The van der Waals surface area contributed by atoms with Crippen molar-refractivity contribution in [1.29, 1.82) is 0 Å². The summed E-state index contributed by atoms with van der Waals surface area (Å²) in [5.41, 5.74) is 1.17. The van der Waals surface area contributed by atoms with E-state index in [1.54, 1.807) is 11.1 Å². The van der Waals surface area contributed by atoms with Crippen molar-refractivity contribution in [2.75, 3.05) is 25.0 Å². The first-order valence-corrected chi connectivity index (χ1v) is 8.43. The molecule has 1 atom stereocenters. The van der Waals surface area contributed by atoms with Crippen LogP contribution in [0.2, 0.25) is 0 Å². The Kier molecular flexibility index (Phi) is 4.59. The summed E-state index contributed by atoms with van der Waals surface area (Å²) in [6.07, 6.45) is 3.59. The zero-order valence-electron chi connectivity index (χ0n) is 14.5. The van der Waals surface area contributed by atoms with Gasteiger partial charge in [0.05, 0.1) is 5.52 Å². The van der Waals surface area contributed by atoms with E-state index in [0.717, 1.165) is 37.4 Å². The normalized spacial score (nSPS) is 18.6. The summed E-state index contributed by atoms with van der Waals surface area (Å²) >= 11 is 0. The average molecular weight is 331 g/mol. The highest BCUT2D eigenvalue weighted by molar-refractivity contribution is 5.72. The predicted molar refractivity (Wildman–Crippen MR) is 92.9 cm³/mol. The number of hydrogen-bond donors (Lipinski definition) is 2. The molecule has 2 aromatic heterocycles. The van der Waals surface area contributed by atoms with Gasteiger partial charge in [0, 0.05) is 25.8 Å². The Morgan fingerprint density at radius 1 is 1.50 bits per heavy atom. The van der Waals surface area contributed by atoms with Gasteiger partial charge in [0.15, 0.2) is 5.65 Å². The van der Waals surface area contributed by atoms with Crippen molar-refractivity contribution in [3.63, 3.8) is 0 Å². The number of hydrogen-bond acceptors (Lipinski definition) is 5. The van der Waals surface area contributed by atoms with Crippen LogP contribution >= 0.6 is 0 Å². The van der Waals surface area contributed by atoms with E-state index in [1.165, 1.54) is 0 Å². The molecule has 3 heterocycles. The predicted octanol–water partition coefficient (Wildman–Crippen LogP) is 3.02. The summed E-state index contributed by atoms with van der Waals surface area (Å²) < 4.78 is 5.47. The number of piperidine rings is 1. The number of ether oxygens (including phenoxy) is 1. The largest absolute Gasteiger partial charge is 0.444 e. The third-order valence-electron chi connectivity index (χ3n) is 3.99. The molecule has 2 aromatic rings. The number of rotatable bonds is 3. The van der Waals surface area contributed by atoms with Gasteiger partial charge in [0.1, 0.15) is 5.60 Å². The van der Waals surface area contributed by atoms with Gasteiger partial charge in [0.2, 0.25) is 5.95 Å². The van der Waals surface area contributed by atoms with Crippen LogP contribution in [0.3, 0.4) is 0 Å². The standard InChI is InChI=1S/C17H25N5O2/c1-17(2,3)24-16(23)22-9-5-6-12(11-22)10-19-15-20-13-7-4-8-18-14(13)21-15/h4,7-8,12H,5-6,9-11H2,1-3H3,(H2,18,19,20,21)/t12-/m1/s1. The molecule has 3 rings (SSSR count). The number of aromatic amines is 1. The van der Waals surface area contributed by atoms with Crippen LogP contribution in [-0.2, 0) is 4.74 Å². The minimum Gasteiger partial charge on any atom is -0.444 e. The average Bonchev–Trinajstić information content (AvgIpc) is 2.94. The Morgan fingerprint density at radius 3 is 3.08 bits per heavy atom. The lowest BCUT2D eigenvalue weighted by Crippen LogP contribution is -2.44. The maximum Gasteiger partial charge on any atom is 0.410 e. The van der Waals surface area contributed by atoms with Crippen LogP contribution in [0.1, 0.15) is 33.6 Å². The summed E-state index contributed by atoms with van der Waals surface area (Å²) in [6, 6.07) is 3.83. The molecule has 0 unspecified atom stereocenters. The van der Waals surface area contributed by atoms with Gasteiger partial charge in [-0.3, -0.25) is 0 Å². The molecule has 7 nitrogen and oxygen atoms in total. The number of imidazole rings is 1. The summed E-state index contributed by atoms with van der Waals surface area (Å²) in [4.78, 5) is 25.9. The van der Waals surface area contributed by atoms with Crippen molar-refractivity contribution in [2.45, 2.75) is 39.2 Å². The van der Waals surface area contributed by atoms with Gasteiger partial charge in [-0.1, -0.05) is 0 Å². The number of carbonyl (C=O) groups excluding carboxylic acids is 1. The molecule has 1 fully saturated rings. The maximum absolute atomic E-state index is 12.2. The van der Waals surface area contributed by atoms with Crippen molar-refractivity contribution in [1.82, 2.24) is 19.9 Å². The molecule has 7 heteroatoms. The highest BCUT2D eigenvalue weighted by Gasteiger charge is 2.27. The zero-order chi connectivity index (χ0) is 17.2. The van der Waals surface area contributed by atoms with Crippen LogP contribution in [0, 0.1) is 5.92 Å². The molecule has 1 saturated heterocycles. The third-order valence-corrected chi connectivity index (χ3v) is 3.99. The first-order chi connectivity index (χ1) is 11.4. The summed E-state index contributed by atoms with van der Waals surface area (Å²) in [6.45, 7) is 7.91. The smallest absolute Gasteiger partial charge is 0.410 e. The van der Waals surface area contributed by atoms with Gasteiger partial charge in [-0.25, -0.2) is 9.78 Å². The number of anilines is 1. The number of likely N-dealkylation sites (tertiary alicyclic amines) is 1. The maximum atomic E-state index is 12.2. The lowest BCUT2D eigenvalue weighted by molar-refractivity contribution is 0.0172. The topological polar surface area (TPSA) is 83.1 Å². The lowest BCUT2D eigenvalue weighted by Gasteiger charge is -2.34. The molecule has 0 spiro atoms. The van der Waals surface area contributed by atoms with Gasteiger partial charge in [-0.05, 0) is 51.7 Å². The minimum atomic E-state index is -0.455. The Balaban J connectivity index is 1.54. The first-order valence-electron chi connectivity index (χ1n) is 8.43. The molecule has 0 aliphatic carbocycles. The van der Waals surface area contributed by atoms with Crippen LogP contribution in [0.25, 0.3) is 11.2 Å². The van der Waals surface area contributed by atoms with E-state index in [2.05, 4.69) is 20.3 Å². The van der Waals surface area contributed by atoms with Crippen LogP contribution < -0.4 is 5.32 Å². The van der Waals surface area contributed by atoms with Crippen LogP contribution in [0.15, 0.2) is 18.3 Å². The number of nitrogens with one attached hydrogen (secondary N) is 2. The Hall–Kier alpha value is -2.31. The fourth-order valence-corrected chi connectivity index (χ4v) is 2.89. The van der Waals surface area contributed by atoms with Gasteiger partial charge < -0.3 is 19.9 Å². The molecular formula is C17H25N5O2. The number of pyridine rings is 1. The van der Waals surface area contributed by atoms with E-state index >= 15 is 0 Å². The second-order valence-electron chi connectivity index (χ2n) is 7.28. The van der Waals surface area contributed by atoms with Gasteiger partial charge >= 0.3 is 6.09 Å². The number of nitrogens with zero attached hydrogens (tertiary/aromatic N) is 3. The molecule has 1 aliphatic rings. The molecule has 0 radical (unpaired) electrons. The van der Waals surface area contributed by atoms with Gasteiger partial charge in [0.25, 0.3) is 0 Å². The number of carbonyl (C=O) groups is 1. The summed E-state index contributed by atoms with van der Waals surface area (Å²) in [5.74, 6) is 1.10. The summed E-state index contributed by atoms with van der Waals surface area (Å²) in [7, 11) is 0. The molecule has 0 aromatic carbocycles. The number of amides is 1. The van der Waals surface area contributed by atoms with Crippen molar-refractivity contribution < 1.29 is 9.53 Å². The molecule has 2 N–H and O–H groups in total. The fraction of sp³-hybridized carbons (Fsp3) is 0.588. The van der Waals surface area contributed by atoms with Crippen LogP contribution in [-0.4, -0.2) is 51.2 Å².